The molecule has 3 aromatic rings. The molecule has 1 aromatic heterocycles. The number of aryl methyl sites for hydroxylation is 2. The van der Waals surface area contributed by atoms with E-state index >= 15 is 0 Å². The van der Waals surface area contributed by atoms with Crippen LogP contribution in [0.3, 0.4) is 0 Å². The fourth-order valence-electron chi connectivity index (χ4n) is 3.97. The van der Waals surface area contributed by atoms with E-state index in [2.05, 4.69) is 11.1 Å². The summed E-state index contributed by atoms with van der Waals surface area (Å²) in [6, 6.07) is 13.0. The van der Waals surface area contributed by atoms with E-state index in [1.807, 2.05) is 25.1 Å². The largest absolute Gasteiger partial charge is 0.454 e. The van der Waals surface area contributed by atoms with Gasteiger partial charge in [0.1, 0.15) is 6.54 Å². The number of rotatable bonds is 3. The molecule has 0 bridgehead atoms. The van der Waals surface area contributed by atoms with Gasteiger partial charge < -0.3 is 14.4 Å². The van der Waals surface area contributed by atoms with Crippen molar-refractivity contribution < 1.29 is 14.3 Å². The molecule has 3 heterocycles. The zero-order chi connectivity index (χ0) is 20.7. The van der Waals surface area contributed by atoms with Crippen LogP contribution >= 0.6 is 0 Å². The van der Waals surface area contributed by atoms with Crippen LogP contribution in [0, 0.1) is 6.92 Å². The van der Waals surface area contributed by atoms with Gasteiger partial charge in [0.05, 0.1) is 12.0 Å². The Labute approximate surface area is 173 Å². The van der Waals surface area contributed by atoms with Crippen LogP contribution in [0.25, 0.3) is 11.3 Å². The first-order valence-corrected chi connectivity index (χ1v) is 9.95. The number of fused-ring (bicyclic) bond motifs is 2. The van der Waals surface area contributed by atoms with Crippen LogP contribution in [0.2, 0.25) is 0 Å². The minimum atomic E-state index is -0.271. The molecule has 7 heteroatoms. The van der Waals surface area contributed by atoms with Crippen LogP contribution in [0.15, 0.2) is 53.6 Å². The third kappa shape index (κ3) is 3.32. The molecule has 0 N–H and O–H groups in total. The average molecular weight is 403 g/mol. The molecule has 0 saturated heterocycles. The van der Waals surface area contributed by atoms with Gasteiger partial charge in [-0.3, -0.25) is 14.2 Å². The quantitative estimate of drug-likeness (QED) is 0.672. The number of amides is 1. The van der Waals surface area contributed by atoms with Crippen molar-refractivity contribution in [2.45, 2.75) is 26.3 Å². The second-order valence-corrected chi connectivity index (χ2v) is 7.59. The van der Waals surface area contributed by atoms with Crippen molar-refractivity contribution in [1.29, 1.82) is 0 Å². The fourth-order valence-corrected chi connectivity index (χ4v) is 3.97. The number of aromatic nitrogens is 2. The lowest BCUT2D eigenvalue weighted by Gasteiger charge is -2.30. The van der Waals surface area contributed by atoms with Gasteiger partial charge in [0.2, 0.25) is 12.7 Å². The summed E-state index contributed by atoms with van der Waals surface area (Å²) in [6.07, 6.45) is 3.31. The van der Waals surface area contributed by atoms with E-state index in [-0.39, 0.29) is 24.8 Å². The van der Waals surface area contributed by atoms with E-state index in [0.717, 1.165) is 24.1 Å². The predicted octanol–water partition coefficient (Wildman–Crippen LogP) is 2.93. The molecule has 0 unspecified atom stereocenters. The van der Waals surface area contributed by atoms with E-state index < -0.39 is 0 Å². The molecule has 0 fully saturated rings. The Bertz CT molecular complexity index is 1200. The van der Waals surface area contributed by atoms with E-state index in [0.29, 0.717) is 23.7 Å². The van der Waals surface area contributed by atoms with E-state index in [9.17, 15) is 9.59 Å². The third-order valence-corrected chi connectivity index (χ3v) is 5.51. The lowest BCUT2D eigenvalue weighted by molar-refractivity contribution is -0.119. The first-order chi connectivity index (χ1) is 14.6. The van der Waals surface area contributed by atoms with Gasteiger partial charge in [0, 0.05) is 23.9 Å². The highest BCUT2D eigenvalue weighted by Gasteiger charge is 2.23. The fraction of sp³-hybridized carbons (Fsp3) is 0.261. The third-order valence-electron chi connectivity index (χ3n) is 5.51. The van der Waals surface area contributed by atoms with E-state index in [1.165, 1.54) is 28.1 Å². The molecule has 5 rings (SSSR count). The van der Waals surface area contributed by atoms with Gasteiger partial charge in [-0.1, -0.05) is 17.7 Å². The summed E-state index contributed by atoms with van der Waals surface area (Å²) in [5.74, 6) is 1.20. The summed E-state index contributed by atoms with van der Waals surface area (Å²) in [5.41, 5.74) is 4.32. The van der Waals surface area contributed by atoms with Gasteiger partial charge in [-0.05, 0) is 49.6 Å². The number of hydrogen-bond acceptors (Lipinski definition) is 5. The zero-order valence-corrected chi connectivity index (χ0v) is 16.6. The van der Waals surface area contributed by atoms with Crippen LogP contribution in [0.5, 0.6) is 11.5 Å². The van der Waals surface area contributed by atoms with Crippen LogP contribution in [-0.2, 0) is 17.8 Å². The van der Waals surface area contributed by atoms with Crippen LogP contribution in [-0.4, -0.2) is 28.8 Å². The Morgan fingerprint density at radius 3 is 2.83 bits per heavy atom. The number of ether oxygens (including phenoxy) is 2. The molecule has 7 nitrogen and oxygen atoms in total. The molecule has 0 spiro atoms. The highest BCUT2D eigenvalue weighted by Crippen LogP contribution is 2.35. The summed E-state index contributed by atoms with van der Waals surface area (Å²) in [7, 11) is 0. The molecule has 0 saturated carbocycles. The van der Waals surface area contributed by atoms with E-state index in [1.54, 1.807) is 17.0 Å². The Morgan fingerprint density at radius 2 is 1.97 bits per heavy atom. The van der Waals surface area contributed by atoms with Crippen molar-refractivity contribution in [1.82, 2.24) is 9.55 Å². The number of hydrogen-bond donors (Lipinski definition) is 0. The van der Waals surface area contributed by atoms with Crippen LogP contribution in [0.1, 0.15) is 17.5 Å². The summed E-state index contributed by atoms with van der Waals surface area (Å²) in [4.78, 5) is 31.8. The molecule has 152 valence electrons. The molecule has 0 radical (unpaired) electrons. The van der Waals surface area contributed by atoms with Gasteiger partial charge in [-0.25, -0.2) is 4.98 Å². The van der Waals surface area contributed by atoms with Crippen molar-refractivity contribution >= 4 is 11.6 Å². The number of benzene rings is 2. The highest BCUT2D eigenvalue weighted by atomic mass is 16.7. The van der Waals surface area contributed by atoms with E-state index in [4.69, 9.17) is 9.47 Å². The molecular weight excluding hydrogens is 382 g/mol. The summed E-state index contributed by atoms with van der Waals surface area (Å²) in [6.45, 7) is 2.86. The smallest absolute Gasteiger partial charge is 0.254 e. The number of carbonyl (C=O) groups is 1. The normalized spacial score (nSPS) is 14.5. The molecule has 1 amide bonds. The molecular formula is C23H21N3O4. The van der Waals surface area contributed by atoms with Gasteiger partial charge in [0.25, 0.3) is 5.56 Å². The number of nitrogens with zero attached hydrogens (tertiary/aromatic N) is 3. The lowest BCUT2D eigenvalue weighted by atomic mass is 9.99. The molecule has 2 aliphatic rings. The molecule has 2 aliphatic heterocycles. The maximum Gasteiger partial charge on any atom is 0.254 e. The maximum absolute atomic E-state index is 13.0. The highest BCUT2D eigenvalue weighted by molar-refractivity contribution is 5.94. The molecule has 2 aromatic carbocycles. The minimum Gasteiger partial charge on any atom is -0.454 e. The van der Waals surface area contributed by atoms with Crippen molar-refractivity contribution in [2.24, 2.45) is 0 Å². The molecule has 0 atom stereocenters. The standard InChI is InChI=1S/C23H21N3O4/c1-15-4-6-19-17(9-15)3-2-8-26(19)23(28)12-25-13-24-18(11-22(25)27)16-5-7-20-21(10-16)30-14-29-20/h4-7,9-11,13H,2-3,8,12,14H2,1H3. The second-order valence-electron chi connectivity index (χ2n) is 7.59. The van der Waals surface area contributed by atoms with Gasteiger partial charge >= 0.3 is 0 Å². The summed E-state index contributed by atoms with van der Waals surface area (Å²) >= 11 is 0. The van der Waals surface area contributed by atoms with Gasteiger partial charge in [0.15, 0.2) is 11.5 Å². The van der Waals surface area contributed by atoms with Crippen LogP contribution < -0.4 is 19.9 Å². The minimum absolute atomic E-state index is 0.0411. The zero-order valence-electron chi connectivity index (χ0n) is 16.6. The Balaban J connectivity index is 1.37. The van der Waals surface area contributed by atoms with Crippen molar-refractivity contribution in [3.05, 3.63) is 70.3 Å². The SMILES string of the molecule is Cc1ccc2c(c1)CCCN2C(=O)Cn1cnc(-c2ccc3c(c2)OCO3)cc1=O. The van der Waals surface area contributed by atoms with Crippen LogP contribution in [0.4, 0.5) is 5.69 Å². The average Bonchev–Trinajstić information content (AvgIpc) is 3.22. The summed E-state index contributed by atoms with van der Waals surface area (Å²) < 4.78 is 12.0. The Morgan fingerprint density at radius 1 is 1.10 bits per heavy atom. The monoisotopic (exact) mass is 403 g/mol. The number of anilines is 1. The summed E-state index contributed by atoms with van der Waals surface area (Å²) in [5, 5.41) is 0. The van der Waals surface area contributed by atoms with Crippen molar-refractivity contribution in [2.75, 3.05) is 18.2 Å². The second kappa shape index (κ2) is 7.33. The lowest BCUT2D eigenvalue weighted by Crippen LogP contribution is -2.39. The van der Waals surface area contributed by atoms with Crippen molar-refractivity contribution in [3.8, 4) is 22.8 Å². The number of carbonyl (C=O) groups excluding carboxylic acids is 1. The first-order valence-electron chi connectivity index (χ1n) is 9.95. The van der Waals surface area contributed by atoms with Crippen molar-refractivity contribution in [3.63, 3.8) is 0 Å². The molecule has 30 heavy (non-hydrogen) atoms. The topological polar surface area (TPSA) is 73.7 Å². The molecule has 0 aliphatic carbocycles. The Kier molecular flexibility index (Phi) is 4.50. The van der Waals surface area contributed by atoms with Gasteiger partial charge in [-0.15, -0.1) is 0 Å². The van der Waals surface area contributed by atoms with Gasteiger partial charge in [-0.2, -0.15) is 0 Å². The maximum atomic E-state index is 13.0. The first kappa shape index (κ1) is 18.4. The predicted molar refractivity (Wildman–Crippen MR) is 112 cm³/mol. The Hall–Kier alpha value is -3.61.